The third-order valence-electron chi connectivity index (χ3n) is 3.77. The van der Waals surface area contributed by atoms with E-state index >= 15 is 0 Å². The van der Waals surface area contributed by atoms with E-state index in [1.165, 1.54) is 5.56 Å². The maximum absolute atomic E-state index is 6.06. The van der Waals surface area contributed by atoms with Crippen LogP contribution in [-0.4, -0.2) is 9.97 Å². The van der Waals surface area contributed by atoms with Gasteiger partial charge in [0.05, 0.1) is 0 Å². The molecule has 0 bridgehead atoms. The van der Waals surface area contributed by atoms with E-state index < -0.39 is 0 Å². The van der Waals surface area contributed by atoms with Crippen molar-refractivity contribution in [1.82, 2.24) is 9.97 Å². The third kappa shape index (κ3) is 4.03. The summed E-state index contributed by atoms with van der Waals surface area (Å²) < 4.78 is 0. The molecule has 1 unspecified atom stereocenters. The maximum Gasteiger partial charge on any atom is 0.229 e. The first-order valence-corrected chi connectivity index (χ1v) is 8.17. The minimum absolute atomic E-state index is 0.154. The van der Waals surface area contributed by atoms with Gasteiger partial charge in [-0.25, -0.2) is 4.98 Å². The Morgan fingerprint density at radius 2 is 1.83 bits per heavy atom. The lowest BCUT2D eigenvalue weighted by atomic mass is 10.1. The Bertz CT molecular complexity index is 821. The van der Waals surface area contributed by atoms with Crippen LogP contribution in [0.4, 0.5) is 17.5 Å². The van der Waals surface area contributed by atoms with Gasteiger partial charge in [0, 0.05) is 22.9 Å². The summed E-state index contributed by atoms with van der Waals surface area (Å²) >= 11 is 6.06. The quantitative estimate of drug-likeness (QED) is 0.658. The van der Waals surface area contributed by atoms with Crippen LogP contribution in [0, 0.1) is 6.92 Å². The van der Waals surface area contributed by atoms with E-state index in [0.717, 1.165) is 17.1 Å². The lowest BCUT2D eigenvalue weighted by molar-refractivity contribution is 0.873. The van der Waals surface area contributed by atoms with Crippen molar-refractivity contribution in [1.29, 1.82) is 0 Å². The smallest absolute Gasteiger partial charge is 0.229 e. The van der Waals surface area contributed by atoms with Crippen molar-refractivity contribution in [2.75, 3.05) is 10.6 Å². The van der Waals surface area contributed by atoms with Gasteiger partial charge >= 0.3 is 0 Å². The summed E-state index contributed by atoms with van der Waals surface area (Å²) in [5, 5.41) is 7.29. The Balaban J connectivity index is 1.76. The van der Waals surface area contributed by atoms with Crippen molar-refractivity contribution < 1.29 is 0 Å². The van der Waals surface area contributed by atoms with Crippen LogP contribution in [0.5, 0.6) is 0 Å². The molecule has 1 atom stereocenters. The van der Waals surface area contributed by atoms with Crippen LogP contribution in [-0.2, 0) is 0 Å². The third-order valence-corrected chi connectivity index (χ3v) is 4.00. The molecule has 0 saturated carbocycles. The zero-order chi connectivity index (χ0) is 16.9. The fraction of sp³-hybridized carbons (Fsp3) is 0.158. The van der Waals surface area contributed by atoms with Crippen LogP contribution < -0.4 is 10.6 Å². The average molecular weight is 339 g/mol. The Kier molecular flexibility index (Phi) is 4.96. The minimum Gasteiger partial charge on any atom is -0.363 e. The molecule has 24 heavy (non-hydrogen) atoms. The number of aryl methyl sites for hydroxylation is 1. The second kappa shape index (κ2) is 7.32. The SMILES string of the molecule is Cc1ccc(Cl)cc1Nc1nccc(NC(C)c2ccccc2)n1. The van der Waals surface area contributed by atoms with E-state index in [-0.39, 0.29) is 6.04 Å². The molecule has 0 aliphatic rings. The number of hydrogen-bond donors (Lipinski definition) is 2. The molecule has 0 spiro atoms. The highest BCUT2D eigenvalue weighted by molar-refractivity contribution is 6.30. The summed E-state index contributed by atoms with van der Waals surface area (Å²) in [5.74, 6) is 1.30. The first-order valence-electron chi connectivity index (χ1n) is 7.79. The molecule has 1 heterocycles. The number of aromatic nitrogens is 2. The van der Waals surface area contributed by atoms with Gasteiger partial charge in [-0.3, -0.25) is 0 Å². The Hall–Kier alpha value is -2.59. The van der Waals surface area contributed by atoms with E-state index in [4.69, 9.17) is 11.6 Å². The van der Waals surface area contributed by atoms with Gasteiger partial charge in [-0.1, -0.05) is 48.0 Å². The predicted molar refractivity (Wildman–Crippen MR) is 100.0 cm³/mol. The second-order valence-corrected chi connectivity index (χ2v) is 6.06. The van der Waals surface area contributed by atoms with E-state index in [2.05, 4.69) is 39.7 Å². The fourth-order valence-corrected chi connectivity index (χ4v) is 2.57. The largest absolute Gasteiger partial charge is 0.363 e. The Morgan fingerprint density at radius 3 is 2.62 bits per heavy atom. The molecule has 0 aliphatic heterocycles. The highest BCUT2D eigenvalue weighted by atomic mass is 35.5. The summed E-state index contributed by atoms with van der Waals surface area (Å²) in [6, 6.07) is 18.0. The molecule has 0 saturated heterocycles. The molecule has 0 radical (unpaired) electrons. The van der Waals surface area contributed by atoms with Crippen LogP contribution in [0.25, 0.3) is 0 Å². The van der Waals surface area contributed by atoms with E-state index in [1.54, 1.807) is 6.20 Å². The topological polar surface area (TPSA) is 49.8 Å². The van der Waals surface area contributed by atoms with Crippen LogP contribution in [0.15, 0.2) is 60.8 Å². The zero-order valence-corrected chi connectivity index (χ0v) is 14.4. The maximum atomic E-state index is 6.06. The number of nitrogens with zero attached hydrogens (tertiary/aromatic N) is 2. The summed E-state index contributed by atoms with van der Waals surface area (Å²) in [5.41, 5.74) is 3.19. The van der Waals surface area contributed by atoms with Gasteiger partial charge in [-0.05, 0) is 43.2 Å². The van der Waals surface area contributed by atoms with Gasteiger partial charge in [-0.2, -0.15) is 4.98 Å². The van der Waals surface area contributed by atoms with E-state index in [0.29, 0.717) is 11.0 Å². The fourth-order valence-electron chi connectivity index (χ4n) is 2.40. The molecule has 2 N–H and O–H groups in total. The van der Waals surface area contributed by atoms with E-state index in [1.807, 2.05) is 49.4 Å². The van der Waals surface area contributed by atoms with Crippen molar-refractivity contribution in [3.63, 3.8) is 0 Å². The Morgan fingerprint density at radius 1 is 1.04 bits per heavy atom. The first kappa shape index (κ1) is 16.3. The van der Waals surface area contributed by atoms with Crippen molar-refractivity contribution in [3.05, 3.63) is 76.9 Å². The highest BCUT2D eigenvalue weighted by Gasteiger charge is 2.07. The monoisotopic (exact) mass is 338 g/mol. The predicted octanol–water partition coefficient (Wildman–Crippen LogP) is 5.36. The standard InChI is InChI=1S/C19H19ClN4/c1-13-8-9-16(20)12-17(13)23-19-21-11-10-18(24-19)22-14(2)15-6-4-3-5-7-15/h3-12,14H,1-2H3,(H2,21,22,23,24). The molecule has 2 aromatic carbocycles. The summed E-state index contributed by atoms with van der Waals surface area (Å²) in [6.45, 7) is 4.11. The van der Waals surface area contributed by atoms with Crippen molar-refractivity contribution >= 4 is 29.1 Å². The van der Waals surface area contributed by atoms with Gasteiger partial charge in [0.25, 0.3) is 0 Å². The lowest BCUT2D eigenvalue weighted by Gasteiger charge is -2.15. The second-order valence-electron chi connectivity index (χ2n) is 5.63. The molecule has 4 nitrogen and oxygen atoms in total. The molecule has 122 valence electrons. The van der Waals surface area contributed by atoms with Crippen molar-refractivity contribution in [3.8, 4) is 0 Å². The van der Waals surface area contributed by atoms with Gasteiger partial charge in [-0.15, -0.1) is 0 Å². The molecule has 0 aliphatic carbocycles. The minimum atomic E-state index is 0.154. The molecular weight excluding hydrogens is 320 g/mol. The molecular formula is C19H19ClN4. The number of hydrogen-bond acceptors (Lipinski definition) is 4. The average Bonchev–Trinajstić information content (AvgIpc) is 2.59. The number of nitrogens with one attached hydrogen (secondary N) is 2. The van der Waals surface area contributed by atoms with Crippen molar-refractivity contribution in [2.24, 2.45) is 0 Å². The number of benzene rings is 2. The lowest BCUT2D eigenvalue weighted by Crippen LogP contribution is -2.09. The molecule has 1 aromatic heterocycles. The normalized spacial score (nSPS) is 11.8. The molecule has 0 fully saturated rings. The van der Waals surface area contributed by atoms with Gasteiger partial charge in [0.2, 0.25) is 5.95 Å². The van der Waals surface area contributed by atoms with Gasteiger partial charge in [0.15, 0.2) is 0 Å². The first-order chi connectivity index (χ1) is 11.6. The van der Waals surface area contributed by atoms with Crippen LogP contribution in [0.3, 0.4) is 0 Å². The molecule has 0 amide bonds. The van der Waals surface area contributed by atoms with Crippen molar-refractivity contribution in [2.45, 2.75) is 19.9 Å². The zero-order valence-electron chi connectivity index (χ0n) is 13.6. The number of rotatable bonds is 5. The summed E-state index contributed by atoms with van der Waals surface area (Å²) in [6.07, 6.45) is 1.73. The van der Waals surface area contributed by atoms with Crippen LogP contribution >= 0.6 is 11.6 Å². The summed E-state index contributed by atoms with van der Waals surface area (Å²) in [4.78, 5) is 8.81. The summed E-state index contributed by atoms with van der Waals surface area (Å²) in [7, 11) is 0. The molecule has 3 aromatic rings. The van der Waals surface area contributed by atoms with E-state index in [9.17, 15) is 0 Å². The van der Waals surface area contributed by atoms with Gasteiger partial charge in [0.1, 0.15) is 5.82 Å². The van der Waals surface area contributed by atoms with Crippen LogP contribution in [0.1, 0.15) is 24.1 Å². The number of anilines is 3. The van der Waals surface area contributed by atoms with Gasteiger partial charge < -0.3 is 10.6 Å². The number of halogens is 1. The molecule has 3 rings (SSSR count). The molecule has 5 heteroatoms. The van der Waals surface area contributed by atoms with Crippen LogP contribution in [0.2, 0.25) is 5.02 Å². The highest BCUT2D eigenvalue weighted by Crippen LogP contribution is 2.23. The Labute approximate surface area is 146 Å².